The fourth-order valence-corrected chi connectivity index (χ4v) is 2.00. The number of rotatable bonds is 3. The molecule has 0 aromatic heterocycles. The van der Waals surface area contributed by atoms with Gasteiger partial charge in [0.15, 0.2) is 0 Å². The quantitative estimate of drug-likeness (QED) is 0.847. The summed E-state index contributed by atoms with van der Waals surface area (Å²) in [5.74, 6) is -0.330. The molecule has 1 aliphatic rings. The summed E-state index contributed by atoms with van der Waals surface area (Å²) in [5.41, 5.74) is 0.539. The second kappa shape index (κ2) is 5.42. The standard InChI is InChI=1S/C12H16F2N2O/c13-12(14)10-7-9(1-2-11(10)17)8-16-5-3-15-4-6-16/h1-2,7,12,15,17H,3-6,8H2. The lowest BCUT2D eigenvalue weighted by Gasteiger charge is -2.27. The van der Waals surface area contributed by atoms with Gasteiger partial charge in [0.25, 0.3) is 6.43 Å². The molecule has 1 aromatic carbocycles. The number of benzene rings is 1. The maximum Gasteiger partial charge on any atom is 0.267 e. The minimum atomic E-state index is -2.63. The fourth-order valence-electron chi connectivity index (χ4n) is 2.00. The summed E-state index contributed by atoms with van der Waals surface area (Å²) in [4.78, 5) is 2.21. The second-order valence-electron chi connectivity index (χ2n) is 4.22. The first kappa shape index (κ1) is 12.3. The van der Waals surface area contributed by atoms with E-state index in [1.807, 2.05) is 0 Å². The lowest BCUT2D eigenvalue weighted by atomic mass is 10.1. The van der Waals surface area contributed by atoms with E-state index < -0.39 is 6.43 Å². The van der Waals surface area contributed by atoms with Crippen molar-refractivity contribution < 1.29 is 13.9 Å². The molecule has 5 heteroatoms. The van der Waals surface area contributed by atoms with Crippen LogP contribution in [0.1, 0.15) is 17.6 Å². The number of halogens is 2. The highest BCUT2D eigenvalue weighted by molar-refractivity contribution is 5.37. The van der Waals surface area contributed by atoms with Crippen LogP contribution in [0.4, 0.5) is 8.78 Å². The van der Waals surface area contributed by atoms with E-state index in [9.17, 15) is 13.9 Å². The van der Waals surface area contributed by atoms with Crippen molar-refractivity contribution in [1.29, 1.82) is 0 Å². The van der Waals surface area contributed by atoms with Crippen molar-refractivity contribution in [3.63, 3.8) is 0 Å². The fraction of sp³-hybridized carbons (Fsp3) is 0.500. The molecule has 1 heterocycles. The van der Waals surface area contributed by atoms with Crippen molar-refractivity contribution in [3.05, 3.63) is 29.3 Å². The van der Waals surface area contributed by atoms with E-state index in [1.165, 1.54) is 12.1 Å². The summed E-state index contributed by atoms with van der Waals surface area (Å²) in [7, 11) is 0. The van der Waals surface area contributed by atoms with E-state index in [0.29, 0.717) is 6.54 Å². The van der Waals surface area contributed by atoms with E-state index in [-0.39, 0.29) is 11.3 Å². The number of nitrogens with one attached hydrogen (secondary N) is 1. The van der Waals surface area contributed by atoms with Crippen molar-refractivity contribution in [2.24, 2.45) is 0 Å². The number of hydrogen-bond donors (Lipinski definition) is 2. The minimum Gasteiger partial charge on any atom is -0.507 e. The maximum atomic E-state index is 12.6. The third-order valence-corrected chi connectivity index (χ3v) is 2.94. The number of phenols is 1. The molecule has 1 saturated heterocycles. The van der Waals surface area contributed by atoms with Crippen molar-refractivity contribution >= 4 is 0 Å². The molecular weight excluding hydrogens is 226 g/mol. The number of hydrogen-bond acceptors (Lipinski definition) is 3. The molecule has 0 amide bonds. The van der Waals surface area contributed by atoms with E-state index in [1.54, 1.807) is 6.07 Å². The van der Waals surface area contributed by atoms with Gasteiger partial charge in [-0.25, -0.2) is 8.78 Å². The minimum absolute atomic E-state index is 0.280. The van der Waals surface area contributed by atoms with Crippen LogP contribution in [0, 0.1) is 0 Å². The van der Waals surface area contributed by atoms with Crippen LogP contribution in [0.25, 0.3) is 0 Å². The van der Waals surface area contributed by atoms with Crippen molar-refractivity contribution in [2.45, 2.75) is 13.0 Å². The number of nitrogens with zero attached hydrogens (tertiary/aromatic N) is 1. The molecular formula is C12H16F2N2O. The van der Waals surface area contributed by atoms with Gasteiger partial charge in [0, 0.05) is 32.7 Å². The maximum absolute atomic E-state index is 12.6. The van der Waals surface area contributed by atoms with Gasteiger partial charge in [-0.05, 0) is 17.7 Å². The van der Waals surface area contributed by atoms with Crippen molar-refractivity contribution in [2.75, 3.05) is 26.2 Å². The summed E-state index contributed by atoms with van der Waals surface area (Å²) in [6, 6.07) is 4.43. The summed E-state index contributed by atoms with van der Waals surface area (Å²) in [6.45, 7) is 4.36. The molecule has 17 heavy (non-hydrogen) atoms. The Morgan fingerprint density at radius 3 is 2.65 bits per heavy atom. The molecule has 1 aromatic rings. The predicted octanol–water partition coefficient (Wildman–Crippen LogP) is 1.73. The highest BCUT2D eigenvalue weighted by Crippen LogP contribution is 2.29. The molecule has 2 rings (SSSR count). The van der Waals surface area contributed by atoms with E-state index >= 15 is 0 Å². The van der Waals surface area contributed by atoms with Crippen molar-refractivity contribution in [3.8, 4) is 5.75 Å². The van der Waals surface area contributed by atoms with Crippen LogP contribution in [0.2, 0.25) is 0 Å². The van der Waals surface area contributed by atoms with Crippen LogP contribution in [-0.2, 0) is 6.54 Å². The molecule has 0 spiro atoms. The van der Waals surface area contributed by atoms with E-state index in [2.05, 4.69) is 10.2 Å². The normalized spacial score (nSPS) is 17.6. The Morgan fingerprint density at radius 1 is 1.29 bits per heavy atom. The predicted molar refractivity (Wildman–Crippen MR) is 61.2 cm³/mol. The third kappa shape index (κ3) is 3.14. The summed E-state index contributed by atoms with van der Waals surface area (Å²) < 4.78 is 25.2. The molecule has 1 aliphatic heterocycles. The van der Waals surface area contributed by atoms with Gasteiger partial charge < -0.3 is 10.4 Å². The zero-order chi connectivity index (χ0) is 12.3. The molecule has 94 valence electrons. The topological polar surface area (TPSA) is 35.5 Å². The summed E-state index contributed by atoms with van der Waals surface area (Å²) in [6.07, 6.45) is -2.63. The van der Waals surface area contributed by atoms with Gasteiger partial charge in [0.05, 0.1) is 5.56 Å². The lowest BCUT2D eigenvalue weighted by Crippen LogP contribution is -2.42. The first-order chi connectivity index (χ1) is 8.16. The van der Waals surface area contributed by atoms with Crippen LogP contribution in [0.5, 0.6) is 5.75 Å². The van der Waals surface area contributed by atoms with Crippen LogP contribution < -0.4 is 5.32 Å². The molecule has 0 bridgehead atoms. The Bertz CT molecular complexity index is 379. The average molecular weight is 242 g/mol. The zero-order valence-corrected chi connectivity index (χ0v) is 9.50. The smallest absolute Gasteiger partial charge is 0.267 e. The van der Waals surface area contributed by atoms with Crippen LogP contribution in [0.15, 0.2) is 18.2 Å². The van der Waals surface area contributed by atoms with Gasteiger partial charge in [0.1, 0.15) is 5.75 Å². The van der Waals surface area contributed by atoms with Crippen molar-refractivity contribution in [1.82, 2.24) is 10.2 Å². The largest absolute Gasteiger partial charge is 0.507 e. The van der Waals surface area contributed by atoms with Gasteiger partial charge in [-0.15, -0.1) is 0 Å². The first-order valence-corrected chi connectivity index (χ1v) is 5.70. The van der Waals surface area contributed by atoms with Crippen LogP contribution in [-0.4, -0.2) is 36.2 Å². The van der Waals surface area contributed by atoms with E-state index in [0.717, 1.165) is 31.7 Å². The second-order valence-corrected chi connectivity index (χ2v) is 4.22. The van der Waals surface area contributed by atoms with Gasteiger partial charge in [0.2, 0.25) is 0 Å². The Balaban J connectivity index is 2.07. The monoisotopic (exact) mass is 242 g/mol. The Kier molecular flexibility index (Phi) is 3.91. The molecule has 0 atom stereocenters. The molecule has 0 saturated carbocycles. The molecule has 2 N–H and O–H groups in total. The zero-order valence-electron chi connectivity index (χ0n) is 9.50. The first-order valence-electron chi connectivity index (χ1n) is 5.70. The number of alkyl halides is 2. The van der Waals surface area contributed by atoms with E-state index in [4.69, 9.17) is 0 Å². The number of aromatic hydroxyl groups is 1. The molecule has 0 unspecified atom stereocenters. The van der Waals surface area contributed by atoms with Gasteiger partial charge in [-0.2, -0.15) is 0 Å². The number of phenolic OH excluding ortho intramolecular Hbond substituents is 1. The van der Waals surface area contributed by atoms with Gasteiger partial charge in [-0.1, -0.05) is 6.07 Å². The molecule has 0 aliphatic carbocycles. The van der Waals surface area contributed by atoms with Crippen LogP contribution >= 0.6 is 0 Å². The number of piperazine rings is 1. The summed E-state index contributed by atoms with van der Waals surface area (Å²) >= 11 is 0. The Morgan fingerprint density at radius 2 is 2.00 bits per heavy atom. The Labute approximate surface area is 99.1 Å². The molecule has 1 fully saturated rings. The lowest BCUT2D eigenvalue weighted by molar-refractivity contribution is 0.147. The third-order valence-electron chi connectivity index (χ3n) is 2.94. The average Bonchev–Trinajstić information content (AvgIpc) is 2.32. The summed E-state index contributed by atoms with van der Waals surface area (Å²) in [5, 5.41) is 12.5. The van der Waals surface area contributed by atoms with Crippen LogP contribution in [0.3, 0.4) is 0 Å². The Hall–Kier alpha value is -1.20. The van der Waals surface area contributed by atoms with Gasteiger partial charge in [-0.3, -0.25) is 4.90 Å². The highest BCUT2D eigenvalue weighted by Gasteiger charge is 2.15. The van der Waals surface area contributed by atoms with Gasteiger partial charge >= 0.3 is 0 Å². The highest BCUT2D eigenvalue weighted by atomic mass is 19.3. The molecule has 0 radical (unpaired) electrons. The SMILES string of the molecule is Oc1ccc(CN2CCNCC2)cc1C(F)F. The molecule has 3 nitrogen and oxygen atoms in total.